The van der Waals surface area contributed by atoms with Gasteiger partial charge in [0.1, 0.15) is 18.0 Å². The second-order valence-electron chi connectivity index (χ2n) is 8.91. The van der Waals surface area contributed by atoms with E-state index < -0.39 is 64.1 Å². The van der Waals surface area contributed by atoms with Crippen LogP contribution in [0, 0.1) is 11.7 Å². The molecule has 34 heavy (non-hydrogen) atoms. The number of halogens is 4. The van der Waals surface area contributed by atoms with Crippen LogP contribution in [0.25, 0.3) is 11.1 Å². The van der Waals surface area contributed by atoms with Gasteiger partial charge in [0, 0.05) is 11.5 Å². The number of alkyl halides is 3. The molecule has 0 unspecified atom stereocenters. The van der Waals surface area contributed by atoms with Gasteiger partial charge in [-0.3, -0.25) is 4.79 Å². The van der Waals surface area contributed by atoms with Crippen molar-refractivity contribution in [3.8, 4) is 11.1 Å². The number of benzene rings is 2. The number of hydrogen-bond donors (Lipinski definition) is 1. The van der Waals surface area contributed by atoms with Gasteiger partial charge in [-0.25, -0.2) is 30.7 Å². The topological polar surface area (TPSA) is 66.5 Å². The first kappa shape index (κ1) is 24.7. The lowest BCUT2D eigenvalue weighted by Crippen LogP contribution is -2.53. The first-order valence-corrected chi connectivity index (χ1v) is 12.8. The fraction of sp³-hybridized carbons (Fsp3) is 0.458. The number of rotatable bonds is 7. The molecule has 1 aliphatic heterocycles. The summed E-state index contributed by atoms with van der Waals surface area (Å²) < 4.78 is 85.4. The van der Waals surface area contributed by atoms with Crippen molar-refractivity contribution in [3.63, 3.8) is 0 Å². The monoisotopic (exact) mass is 498 g/mol. The molecule has 1 saturated heterocycles. The van der Waals surface area contributed by atoms with E-state index in [1.54, 1.807) is 42.5 Å². The molecular weight excluding hydrogens is 472 g/mol. The highest BCUT2D eigenvalue weighted by molar-refractivity contribution is 7.89. The number of amides is 1. The van der Waals surface area contributed by atoms with Crippen LogP contribution < -0.4 is 4.72 Å². The third kappa shape index (κ3) is 4.84. The van der Waals surface area contributed by atoms with Gasteiger partial charge >= 0.3 is 0 Å². The first-order chi connectivity index (χ1) is 16.0. The maximum atomic E-state index is 15.5. The van der Waals surface area contributed by atoms with Crippen LogP contribution in [0.15, 0.2) is 48.5 Å². The molecule has 2 aromatic rings. The van der Waals surface area contributed by atoms with Crippen molar-refractivity contribution < 1.29 is 30.8 Å². The Kier molecular flexibility index (Phi) is 6.74. The van der Waals surface area contributed by atoms with Gasteiger partial charge in [0.25, 0.3) is 5.92 Å². The number of nitrogens with one attached hydrogen (secondary N) is 1. The Balaban J connectivity index is 1.70. The average Bonchev–Trinajstić information content (AvgIpc) is 3.02. The van der Waals surface area contributed by atoms with Crippen LogP contribution in [-0.2, 0) is 21.2 Å². The minimum atomic E-state index is -4.05. The number of likely N-dealkylation sites (tertiary alicyclic amines) is 1. The number of carbonyl (C=O) groups excluding carboxylic acids is 1. The van der Waals surface area contributed by atoms with Crippen LogP contribution in [0.2, 0.25) is 0 Å². The van der Waals surface area contributed by atoms with Crippen molar-refractivity contribution in [1.29, 1.82) is 0 Å². The second-order valence-corrected chi connectivity index (χ2v) is 11.0. The van der Waals surface area contributed by atoms with E-state index in [9.17, 15) is 17.6 Å². The Morgan fingerprint density at radius 1 is 1.12 bits per heavy atom. The van der Waals surface area contributed by atoms with Crippen LogP contribution in [0.5, 0.6) is 0 Å². The summed E-state index contributed by atoms with van der Waals surface area (Å²) in [5, 5.41) is 0. The molecule has 1 aliphatic carbocycles. The van der Waals surface area contributed by atoms with Gasteiger partial charge < -0.3 is 4.90 Å². The Morgan fingerprint density at radius 2 is 1.79 bits per heavy atom. The van der Waals surface area contributed by atoms with Gasteiger partial charge in [0.15, 0.2) is 0 Å². The van der Waals surface area contributed by atoms with Gasteiger partial charge in [0.05, 0.1) is 18.3 Å². The van der Waals surface area contributed by atoms with Gasteiger partial charge in [-0.1, -0.05) is 48.5 Å². The Morgan fingerprint density at radius 3 is 2.41 bits per heavy atom. The van der Waals surface area contributed by atoms with Crippen LogP contribution in [-0.4, -0.2) is 55.7 Å². The highest BCUT2D eigenvalue weighted by Gasteiger charge is 2.58. The van der Waals surface area contributed by atoms with Crippen LogP contribution in [0.1, 0.15) is 25.3 Å². The second kappa shape index (κ2) is 9.30. The zero-order chi connectivity index (χ0) is 24.7. The third-order valence-corrected chi connectivity index (χ3v) is 7.99. The van der Waals surface area contributed by atoms with E-state index in [2.05, 4.69) is 0 Å². The molecule has 4 rings (SSSR count). The van der Waals surface area contributed by atoms with E-state index >= 15 is 13.2 Å². The normalized spacial score (nSPS) is 26.3. The summed E-state index contributed by atoms with van der Waals surface area (Å²) >= 11 is 0. The van der Waals surface area contributed by atoms with Crippen molar-refractivity contribution in [2.24, 2.45) is 5.92 Å². The number of hydrogen-bond acceptors (Lipinski definition) is 3. The van der Waals surface area contributed by atoms with E-state index in [0.29, 0.717) is 5.56 Å². The first-order valence-electron chi connectivity index (χ1n) is 11.2. The van der Waals surface area contributed by atoms with Crippen LogP contribution >= 0.6 is 0 Å². The summed E-state index contributed by atoms with van der Waals surface area (Å²) in [7, 11) is -4.05. The molecule has 0 spiro atoms. The fourth-order valence-corrected chi connectivity index (χ4v) is 5.49. The zero-order valence-electron chi connectivity index (χ0n) is 18.6. The molecule has 0 aromatic heterocycles. The summed E-state index contributed by atoms with van der Waals surface area (Å²) in [6.07, 6.45) is -1.60. The minimum absolute atomic E-state index is 0.0587. The predicted octanol–water partition coefficient (Wildman–Crippen LogP) is 3.94. The lowest BCUT2D eigenvalue weighted by molar-refractivity contribution is -0.142. The van der Waals surface area contributed by atoms with E-state index in [4.69, 9.17) is 0 Å². The molecule has 2 fully saturated rings. The zero-order valence-corrected chi connectivity index (χ0v) is 19.4. The fourth-order valence-electron chi connectivity index (χ4n) is 4.60. The standard InChI is InChI=1S/C24H26F4N2O3S/c1-2-34(32,33)29-22-20(30(14-24(22,27)28)23(31)17-11-18(25)12-17)13-16-9-6-10-19(21(16)26)15-7-4-3-5-8-15/h3-10,17-18,20,22,29H,2,11-14H2,1H3/t17-,18+,20-,22+/m0/s1. The number of sulfonamides is 1. The Labute approximate surface area is 196 Å². The van der Waals surface area contributed by atoms with Crippen molar-refractivity contribution in [3.05, 3.63) is 59.9 Å². The molecule has 184 valence electrons. The van der Waals surface area contributed by atoms with Crippen LogP contribution in [0.4, 0.5) is 17.6 Å². The molecule has 0 radical (unpaired) electrons. The van der Waals surface area contributed by atoms with E-state index in [1.807, 2.05) is 4.72 Å². The summed E-state index contributed by atoms with van der Waals surface area (Å²) in [4.78, 5) is 13.9. The van der Waals surface area contributed by atoms with Crippen molar-refractivity contribution in [2.45, 2.75) is 50.4 Å². The van der Waals surface area contributed by atoms with E-state index in [-0.39, 0.29) is 30.4 Å². The SMILES string of the molecule is CCS(=O)(=O)N[C@@H]1[C@H](Cc2cccc(-c3ccccc3)c2F)N(C(=O)[C@H]2C[C@@H](F)C2)CC1(F)F. The van der Waals surface area contributed by atoms with Crippen LogP contribution in [0.3, 0.4) is 0 Å². The van der Waals surface area contributed by atoms with Gasteiger partial charge in [-0.2, -0.15) is 0 Å². The summed E-state index contributed by atoms with van der Waals surface area (Å²) in [6.45, 7) is 0.299. The quantitative estimate of drug-likeness (QED) is 0.589. The molecule has 0 bridgehead atoms. The van der Waals surface area contributed by atoms with E-state index in [1.165, 1.54) is 13.0 Å². The highest BCUT2D eigenvalue weighted by atomic mass is 32.2. The summed E-state index contributed by atoms with van der Waals surface area (Å²) in [6, 6.07) is 10.0. The van der Waals surface area contributed by atoms with Crippen molar-refractivity contribution in [2.75, 3.05) is 12.3 Å². The van der Waals surface area contributed by atoms with E-state index in [0.717, 1.165) is 4.90 Å². The molecule has 1 N–H and O–H groups in total. The lowest BCUT2D eigenvalue weighted by Gasteiger charge is -2.35. The molecule has 2 aromatic carbocycles. The Hall–Kier alpha value is -2.46. The molecule has 1 heterocycles. The molecule has 1 saturated carbocycles. The van der Waals surface area contributed by atoms with Gasteiger partial charge in [0.2, 0.25) is 15.9 Å². The number of nitrogens with zero attached hydrogens (tertiary/aromatic N) is 1. The number of carbonyl (C=O) groups is 1. The molecule has 10 heteroatoms. The maximum Gasteiger partial charge on any atom is 0.283 e. The summed E-state index contributed by atoms with van der Waals surface area (Å²) in [5.74, 6) is -6.02. The van der Waals surface area contributed by atoms with Gasteiger partial charge in [-0.15, -0.1) is 0 Å². The molecule has 1 amide bonds. The Bertz CT molecular complexity index is 1150. The minimum Gasteiger partial charge on any atom is -0.331 e. The lowest BCUT2D eigenvalue weighted by atomic mass is 9.82. The molecule has 5 nitrogen and oxygen atoms in total. The third-order valence-electron chi connectivity index (χ3n) is 6.61. The van der Waals surface area contributed by atoms with Crippen molar-refractivity contribution >= 4 is 15.9 Å². The van der Waals surface area contributed by atoms with Crippen molar-refractivity contribution in [1.82, 2.24) is 9.62 Å². The average molecular weight is 499 g/mol. The summed E-state index contributed by atoms with van der Waals surface area (Å²) in [5.41, 5.74) is 0.948. The highest BCUT2D eigenvalue weighted by Crippen LogP contribution is 2.40. The molecule has 2 atom stereocenters. The predicted molar refractivity (Wildman–Crippen MR) is 120 cm³/mol. The smallest absolute Gasteiger partial charge is 0.283 e. The largest absolute Gasteiger partial charge is 0.331 e. The molecular formula is C24H26F4N2O3S. The maximum absolute atomic E-state index is 15.5. The van der Waals surface area contributed by atoms with Gasteiger partial charge in [-0.05, 0) is 37.3 Å². The molecule has 2 aliphatic rings.